The molecule has 0 amide bonds. The van der Waals surface area contributed by atoms with Gasteiger partial charge in [-0.15, -0.1) is 17.6 Å². The normalized spacial score (nSPS) is 10.0. The molecule has 0 aliphatic rings. The molecule has 0 bridgehead atoms. The molecule has 0 aromatic carbocycles. The van der Waals surface area contributed by atoms with Crippen LogP contribution < -0.4 is 34.7 Å². The minimum Gasteiger partial charge on any atom is -0.878 e. The minimum atomic E-state index is -0.256. The first-order chi connectivity index (χ1) is 5.65. The van der Waals surface area contributed by atoms with E-state index in [4.69, 9.17) is 0 Å². The van der Waals surface area contributed by atoms with Gasteiger partial charge in [-0.25, -0.2) is 4.98 Å². The zero-order chi connectivity index (χ0) is 9.14. The van der Waals surface area contributed by atoms with Gasteiger partial charge in [-0.2, -0.15) is 0 Å². The summed E-state index contributed by atoms with van der Waals surface area (Å²) < 4.78 is 0. The first-order valence-electron chi connectivity index (χ1n) is 3.42. The van der Waals surface area contributed by atoms with Gasteiger partial charge >= 0.3 is 29.6 Å². The fourth-order valence-electron chi connectivity index (χ4n) is 0.897. The third-order valence-corrected chi connectivity index (χ3v) is 2.43. The molecule has 0 unspecified atom stereocenters. The average molecular weight is 205 g/mol. The first kappa shape index (κ1) is 12.8. The second-order valence-electron chi connectivity index (χ2n) is 2.31. The molecule has 13 heavy (non-hydrogen) atoms. The number of hydrogen-bond acceptors (Lipinski definition) is 4. The molecule has 0 radical (unpaired) electrons. The number of thiazole rings is 1. The molecule has 0 spiro atoms. The number of carbonyl (C=O) groups is 1. The Hall–Kier alpha value is -0.160. The maximum atomic E-state index is 11.2. The number of aromatic nitrogens is 1. The standard InChI is InChI=1S/C8H9NO2S.Na/c1-5-8(7(11)3-4-10)12-6(2)9-5;/h3-4,10H,1-2H3;/q;+1/p-1. The molecule has 0 saturated carbocycles. The van der Waals surface area contributed by atoms with E-state index in [-0.39, 0.29) is 35.3 Å². The molecule has 0 saturated heterocycles. The van der Waals surface area contributed by atoms with Crippen LogP contribution in [0.4, 0.5) is 0 Å². The van der Waals surface area contributed by atoms with E-state index in [0.717, 1.165) is 11.1 Å². The summed E-state index contributed by atoms with van der Waals surface area (Å²) in [4.78, 5) is 15.8. The predicted molar refractivity (Wildman–Crippen MR) is 45.1 cm³/mol. The minimum absolute atomic E-state index is 0. The van der Waals surface area contributed by atoms with E-state index in [1.807, 2.05) is 6.92 Å². The number of allylic oxidation sites excluding steroid dienone is 1. The van der Waals surface area contributed by atoms with Crippen molar-refractivity contribution in [2.75, 3.05) is 0 Å². The smallest absolute Gasteiger partial charge is 0.878 e. The largest absolute Gasteiger partial charge is 1.00 e. The van der Waals surface area contributed by atoms with Crippen molar-refractivity contribution in [1.29, 1.82) is 0 Å². The predicted octanol–water partition coefficient (Wildman–Crippen LogP) is -2.18. The number of rotatable bonds is 2. The molecule has 0 atom stereocenters. The third kappa shape index (κ3) is 3.23. The molecule has 1 aromatic rings. The summed E-state index contributed by atoms with van der Waals surface area (Å²) in [7, 11) is 0. The Bertz CT molecular complexity index is 333. The van der Waals surface area contributed by atoms with Gasteiger partial charge < -0.3 is 5.11 Å². The van der Waals surface area contributed by atoms with Crippen molar-refractivity contribution in [1.82, 2.24) is 4.98 Å². The van der Waals surface area contributed by atoms with Crippen LogP contribution in [0.15, 0.2) is 12.3 Å². The fourth-order valence-corrected chi connectivity index (χ4v) is 1.74. The number of nitrogens with zero attached hydrogens (tertiary/aromatic N) is 1. The van der Waals surface area contributed by atoms with E-state index in [9.17, 15) is 9.90 Å². The van der Waals surface area contributed by atoms with Crippen LogP contribution in [-0.2, 0) is 0 Å². The Balaban J connectivity index is 0.00000144. The molecule has 0 aliphatic heterocycles. The van der Waals surface area contributed by atoms with E-state index in [2.05, 4.69) is 4.98 Å². The van der Waals surface area contributed by atoms with E-state index >= 15 is 0 Å². The Labute approximate surface area is 103 Å². The van der Waals surface area contributed by atoms with Crippen LogP contribution in [0.5, 0.6) is 0 Å². The van der Waals surface area contributed by atoms with E-state index in [1.54, 1.807) is 6.92 Å². The average Bonchev–Trinajstić information content (AvgIpc) is 2.30. The molecule has 1 aromatic heterocycles. The SMILES string of the molecule is Cc1nc(C)c(C(=O)C=C[O-])s1.[Na+]. The van der Waals surface area contributed by atoms with Crippen LogP contribution >= 0.6 is 11.3 Å². The summed E-state index contributed by atoms with van der Waals surface area (Å²) >= 11 is 1.31. The third-order valence-electron chi connectivity index (χ3n) is 1.35. The number of hydrogen-bond donors (Lipinski definition) is 0. The Kier molecular flexibility index (Phi) is 5.48. The van der Waals surface area contributed by atoms with E-state index < -0.39 is 0 Å². The van der Waals surface area contributed by atoms with Crippen molar-refractivity contribution in [3.63, 3.8) is 0 Å². The van der Waals surface area contributed by atoms with Crippen LogP contribution in [0.2, 0.25) is 0 Å². The van der Waals surface area contributed by atoms with Crippen molar-refractivity contribution in [2.24, 2.45) is 0 Å². The maximum absolute atomic E-state index is 11.2. The van der Waals surface area contributed by atoms with Crippen molar-refractivity contribution < 1.29 is 39.5 Å². The monoisotopic (exact) mass is 205 g/mol. The van der Waals surface area contributed by atoms with Gasteiger partial charge in [0.15, 0.2) is 5.78 Å². The Morgan fingerprint density at radius 2 is 2.15 bits per heavy atom. The summed E-state index contributed by atoms with van der Waals surface area (Å²) in [5.41, 5.74) is 0.695. The topological polar surface area (TPSA) is 53.0 Å². The maximum Gasteiger partial charge on any atom is 1.00 e. The van der Waals surface area contributed by atoms with Crippen LogP contribution in [0, 0.1) is 13.8 Å². The zero-order valence-corrected chi connectivity index (χ0v) is 10.6. The number of aryl methyl sites for hydroxylation is 2. The molecular weight excluding hydrogens is 197 g/mol. The summed E-state index contributed by atoms with van der Waals surface area (Å²) in [6, 6.07) is 0. The Morgan fingerprint density at radius 1 is 1.54 bits per heavy atom. The summed E-state index contributed by atoms with van der Waals surface area (Å²) in [5.74, 6) is -0.256. The summed E-state index contributed by atoms with van der Waals surface area (Å²) in [5, 5.41) is 10.9. The second-order valence-corrected chi connectivity index (χ2v) is 3.52. The first-order valence-corrected chi connectivity index (χ1v) is 4.23. The van der Waals surface area contributed by atoms with Crippen molar-refractivity contribution >= 4 is 17.1 Å². The van der Waals surface area contributed by atoms with Gasteiger partial charge in [-0.05, 0) is 19.9 Å². The van der Waals surface area contributed by atoms with Gasteiger partial charge in [0, 0.05) is 0 Å². The van der Waals surface area contributed by atoms with Crippen molar-refractivity contribution in [3.05, 3.63) is 27.9 Å². The molecule has 1 rings (SSSR count). The summed E-state index contributed by atoms with van der Waals surface area (Å²) in [6.45, 7) is 3.59. The van der Waals surface area contributed by atoms with Gasteiger partial charge in [0.1, 0.15) is 0 Å². The molecule has 1 heterocycles. The number of carbonyl (C=O) groups excluding carboxylic acids is 1. The molecule has 64 valence electrons. The van der Waals surface area contributed by atoms with Crippen molar-refractivity contribution in [3.8, 4) is 0 Å². The van der Waals surface area contributed by atoms with E-state index in [0.29, 0.717) is 16.8 Å². The zero-order valence-electron chi connectivity index (χ0n) is 7.83. The van der Waals surface area contributed by atoms with Crippen LogP contribution in [0.25, 0.3) is 0 Å². The van der Waals surface area contributed by atoms with Gasteiger partial charge in [-0.1, -0.05) is 0 Å². The molecule has 3 nitrogen and oxygen atoms in total. The van der Waals surface area contributed by atoms with E-state index in [1.165, 1.54) is 11.3 Å². The van der Waals surface area contributed by atoms with Gasteiger partial charge in [0.25, 0.3) is 0 Å². The Morgan fingerprint density at radius 3 is 2.54 bits per heavy atom. The molecule has 0 aliphatic carbocycles. The van der Waals surface area contributed by atoms with Crippen LogP contribution in [0.3, 0.4) is 0 Å². The molecule has 0 N–H and O–H groups in total. The number of ketones is 1. The molecular formula is C8H8NNaO2S. The van der Waals surface area contributed by atoms with Gasteiger partial charge in [-0.3, -0.25) is 4.79 Å². The van der Waals surface area contributed by atoms with Gasteiger partial charge in [0.05, 0.1) is 15.6 Å². The van der Waals surface area contributed by atoms with Gasteiger partial charge in [0.2, 0.25) is 0 Å². The molecule has 5 heteroatoms. The molecule has 0 fully saturated rings. The van der Waals surface area contributed by atoms with Crippen LogP contribution in [-0.4, -0.2) is 10.8 Å². The quantitative estimate of drug-likeness (QED) is 0.239. The fraction of sp³-hybridized carbons (Fsp3) is 0.250. The van der Waals surface area contributed by atoms with Crippen LogP contribution in [0.1, 0.15) is 20.4 Å². The van der Waals surface area contributed by atoms with Crippen molar-refractivity contribution in [2.45, 2.75) is 13.8 Å². The summed E-state index contributed by atoms with van der Waals surface area (Å²) in [6.07, 6.45) is 1.51. The second kappa shape index (κ2) is 5.54.